The molecule has 0 spiro atoms. The number of ether oxygens (including phenoxy) is 1. The number of rotatable bonds is 3. The fourth-order valence-electron chi connectivity index (χ4n) is 4.05. The first kappa shape index (κ1) is 21.4. The van der Waals surface area contributed by atoms with E-state index in [1.54, 1.807) is 34.1 Å². The highest BCUT2D eigenvalue weighted by molar-refractivity contribution is 7.90. The van der Waals surface area contributed by atoms with Crippen molar-refractivity contribution in [2.24, 2.45) is 0 Å². The van der Waals surface area contributed by atoms with E-state index in [1.807, 2.05) is 25.1 Å². The zero-order valence-electron chi connectivity index (χ0n) is 17.9. The summed E-state index contributed by atoms with van der Waals surface area (Å²) in [4.78, 5) is 28.8. The van der Waals surface area contributed by atoms with Gasteiger partial charge in [-0.25, -0.2) is 13.2 Å². The van der Waals surface area contributed by atoms with E-state index in [1.165, 1.54) is 13.2 Å². The Labute approximate surface area is 182 Å². The first-order valence-electron chi connectivity index (χ1n) is 10.4. The van der Waals surface area contributed by atoms with Crippen LogP contribution in [0.3, 0.4) is 0 Å². The van der Waals surface area contributed by atoms with E-state index in [0.29, 0.717) is 17.9 Å². The third-order valence-electron chi connectivity index (χ3n) is 5.91. The van der Waals surface area contributed by atoms with Gasteiger partial charge in [0.05, 0.1) is 22.3 Å². The average molecular weight is 443 g/mol. The van der Waals surface area contributed by atoms with Crippen molar-refractivity contribution in [2.45, 2.75) is 50.2 Å². The van der Waals surface area contributed by atoms with Crippen LogP contribution in [-0.2, 0) is 19.4 Å². The van der Waals surface area contributed by atoms with Gasteiger partial charge in [0.2, 0.25) is 5.91 Å². The third-order valence-corrected chi connectivity index (χ3v) is 7.04. The van der Waals surface area contributed by atoms with E-state index < -0.39 is 15.9 Å². The number of carbonyl (C=O) groups excluding carboxylic acids is 2. The number of hydrogen-bond donors (Lipinski definition) is 0. The first-order valence-corrected chi connectivity index (χ1v) is 12.3. The monoisotopic (exact) mass is 442 g/mol. The van der Waals surface area contributed by atoms with Crippen LogP contribution in [0.1, 0.15) is 33.1 Å². The zero-order valence-corrected chi connectivity index (χ0v) is 18.7. The molecule has 1 unspecified atom stereocenters. The van der Waals surface area contributed by atoms with Gasteiger partial charge in [-0.15, -0.1) is 0 Å². The molecule has 0 bridgehead atoms. The zero-order chi connectivity index (χ0) is 22.3. The van der Waals surface area contributed by atoms with Crippen molar-refractivity contribution in [3.63, 3.8) is 0 Å². The van der Waals surface area contributed by atoms with E-state index >= 15 is 0 Å². The number of sulfone groups is 1. The molecule has 164 valence electrons. The van der Waals surface area contributed by atoms with Gasteiger partial charge in [0.25, 0.3) is 0 Å². The number of hydrogen-bond acceptors (Lipinski definition) is 5. The summed E-state index contributed by atoms with van der Waals surface area (Å²) in [6.07, 6.45) is 3.57. The summed E-state index contributed by atoms with van der Waals surface area (Å²) in [7, 11) is -3.28. The lowest BCUT2D eigenvalue weighted by atomic mass is 9.96. The molecule has 8 heteroatoms. The molecule has 0 saturated heterocycles. The lowest BCUT2D eigenvalue weighted by Crippen LogP contribution is -2.52. The number of amides is 2. The van der Waals surface area contributed by atoms with Crippen LogP contribution < -0.4 is 9.80 Å². The number of benzene rings is 2. The summed E-state index contributed by atoms with van der Waals surface area (Å²) < 4.78 is 29.1. The Balaban J connectivity index is 1.73. The van der Waals surface area contributed by atoms with Gasteiger partial charge in [-0.05, 0) is 61.6 Å². The molecule has 1 saturated carbocycles. The maximum atomic E-state index is 12.9. The van der Waals surface area contributed by atoms with Gasteiger partial charge in [0, 0.05) is 19.7 Å². The van der Waals surface area contributed by atoms with Gasteiger partial charge >= 0.3 is 6.09 Å². The molecule has 7 nitrogen and oxygen atoms in total. The van der Waals surface area contributed by atoms with E-state index in [2.05, 4.69) is 0 Å². The van der Waals surface area contributed by atoms with Gasteiger partial charge in [-0.2, -0.15) is 0 Å². The highest BCUT2D eigenvalue weighted by Crippen LogP contribution is 2.39. The van der Waals surface area contributed by atoms with E-state index in [4.69, 9.17) is 4.74 Å². The predicted molar refractivity (Wildman–Crippen MR) is 119 cm³/mol. The molecule has 1 atom stereocenters. The minimum Gasteiger partial charge on any atom is -0.446 e. The van der Waals surface area contributed by atoms with Crippen molar-refractivity contribution in [3.05, 3.63) is 42.5 Å². The lowest BCUT2D eigenvalue weighted by molar-refractivity contribution is -0.117. The standard InChI is InChI=1S/C23H26N2O5S/c1-15-14-24(23(27)30-19-5-4-6-19)22-13-18(9-12-21(22)25(15)16(2)26)17-7-10-20(11-8-17)31(3,28)29/h7-13,15,19H,4-6,14H2,1-3H3. The molecule has 2 aromatic rings. The van der Waals surface area contributed by atoms with Crippen molar-refractivity contribution in [2.75, 3.05) is 22.6 Å². The fraction of sp³-hybridized carbons (Fsp3) is 0.391. The SMILES string of the molecule is CC(=O)N1c2ccc(-c3ccc(S(C)(=O)=O)cc3)cc2N(C(=O)OC2CCC2)CC1C. The Morgan fingerprint density at radius 3 is 2.19 bits per heavy atom. The molecule has 0 N–H and O–H groups in total. The third kappa shape index (κ3) is 4.17. The number of fused-ring (bicyclic) bond motifs is 1. The van der Waals surface area contributed by atoms with E-state index in [-0.39, 0.29) is 22.9 Å². The normalized spacial score (nSPS) is 18.9. The summed E-state index contributed by atoms with van der Waals surface area (Å²) in [5.41, 5.74) is 2.91. The molecule has 1 aliphatic carbocycles. The number of anilines is 2. The van der Waals surface area contributed by atoms with Crippen LogP contribution in [0.25, 0.3) is 11.1 Å². The Kier molecular flexibility index (Phi) is 5.51. The van der Waals surface area contributed by atoms with Crippen molar-refractivity contribution >= 4 is 33.2 Å². The molecule has 1 fully saturated rings. The average Bonchev–Trinajstić information content (AvgIpc) is 2.68. The maximum Gasteiger partial charge on any atom is 0.414 e. The molecular formula is C23H26N2O5S. The molecular weight excluding hydrogens is 416 g/mol. The molecule has 1 heterocycles. The summed E-state index contributed by atoms with van der Waals surface area (Å²) in [6.45, 7) is 3.76. The topological polar surface area (TPSA) is 84.0 Å². The summed E-state index contributed by atoms with van der Waals surface area (Å²) >= 11 is 0. The summed E-state index contributed by atoms with van der Waals surface area (Å²) in [5, 5.41) is 0. The van der Waals surface area contributed by atoms with Crippen molar-refractivity contribution in [3.8, 4) is 11.1 Å². The van der Waals surface area contributed by atoms with Crippen LogP contribution in [-0.4, -0.2) is 45.4 Å². The van der Waals surface area contributed by atoms with Gasteiger partial charge in [-0.1, -0.05) is 18.2 Å². The van der Waals surface area contributed by atoms with Crippen molar-refractivity contribution < 1.29 is 22.7 Å². The molecule has 1 aliphatic heterocycles. The fourth-order valence-corrected chi connectivity index (χ4v) is 4.68. The second kappa shape index (κ2) is 8.00. The van der Waals surface area contributed by atoms with Crippen LogP contribution in [0.4, 0.5) is 16.2 Å². The molecule has 2 amide bonds. The van der Waals surface area contributed by atoms with Gasteiger partial charge < -0.3 is 9.64 Å². The Morgan fingerprint density at radius 2 is 1.65 bits per heavy atom. The van der Waals surface area contributed by atoms with Crippen molar-refractivity contribution in [1.82, 2.24) is 0 Å². The van der Waals surface area contributed by atoms with Gasteiger partial charge in [0.15, 0.2) is 9.84 Å². The Morgan fingerprint density at radius 1 is 1.00 bits per heavy atom. The van der Waals surface area contributed by atoms with Crippen LogP contribution in [0.15, 0.2) is 47.4 Å². The van der Waals surface area contributed by atoms with Crippen LogP contribution in [0.2, 0.25) is 0 Å². The maximum absolute atomic E-state index is 12.9. The smallest absolute Gasteiger partial charge is 0.414 e. The van der Waals surface area contributed by atoms with Gasteiger partial charge in [0.1, 0.15) is 6.10 Å². The molecule has 0 aromatic heterocycles. The minimum atomic E-state index is -3.28. The highest BCUT2D eigenvalue weighted by atomic mass is 32.2. The predicted octanol–water partition coefficient (Wildman–Crippen LogP) is 4.01. The minimum absolute atomic E-state index is 0.0381. The summed E-state index contributed by atoms with van der Waals surface area (Å²) in [6, 6.07) is 12.0. The first-order chi connectivity index (χ1) is 14.6. The van der Waals surface area contributed by atoms with Crippen LogP contribution >= 0.6 is 0 Å². The Bertz CT molecular complexity index is 1120. The Hall–Kier alpha value is -2.87. The second-order valence-corrected chi connectivity index (χ2v) is 10.3. The summed E-state index contributed by atoms with van der Waals surface area (Å²) in [5.74, 6) is -0.0917. The largest absolute Gasteiger partial charge is 0.446 e. The second-order valence-electron chi connectivity index (χ2n) is 8.29. The van der Waals surface area contributed by atoms with Gasteiger partial charge in [-0.3, -0.25) is 9.69 Å². The molecule has 0 radical (unpaired) electrons. The lowest BCUT2D eigenvalue weighted by Gasteiger charge is -2.41. The van der Waals surface area contributed by atoms with E-state index in [0.717, 1.165) is 30.4 Å². The number of carbonyl (C=O) groups is 2. The molecule has 2 aromatic carbocycles. The molecule has 4 rings (SSSR count). The highest BCUT2D eigenvalue weighted by Gasteiger charge is 2.36. The van der Waals surface area contributed by atoms with Crippen LogP contribution in [0, 0.1) is 0 Å². The molecule has 31 heavy (non-hydrogen) atoms. The van der Waals surface area contributed by atoms with Crippen LogP contribution in [0.5, 0.6) is 0 Å². The molecule has 2 aliphatic rings. The van der Waals surface area contributed by atoms with Crippen molar-refractivity contribution in [1.29, 1.82) is 0 Å². The number of nitrogens with zero attached hydrogens (tertiary/aromatic N) is 2. The quantitative estimate of drug-likeness (QED) is 0.717. The van der Waals surface area contributed by atoms with E-state index in [9.17, 15) is 18.0 Å².